The van der Waals surface area contributed by atoms with Crippen LogP contribution in [0.1, 0.15) is 27.2 Å². The van der Waals surface area contributed by atoms with E-state index < -0.39 is 5.54 Å². The number of piperazine rings is 1. The molecule has 0 amide bonds. The van der Waals surface area contributed by atoms with Crippen LogP contribution in [0.25, 0.3) is 0 Å². The molecule has 0 spiro atoms. The molecular formula is C11H22N2O2. The molecule has 0 aromatic heterocycles. The van der Waals surface area contributed by atoms with E-state index in [1.807, 2.05) is 20.8 Å². The zero-order valence-corrected chi connectivity index (χ0v) is 10.0. The van der Waals surface area contributed by atoms with Gasteiger partial charge in [0.25, 0.3) is 0 Å². The average molecular weight is 214 g/mol. The van der Waals surface area contributed by atoms with Crippen LogP contribution in [0.4, 0.5) is 0 Å². The molecule has 0 saturated carbocycles. The van der Waals surface area contributed by atoms with Crippen molar-refractivity contribution in [3.63, 3.8) is 0 Å². The van der Waals surface area contributed by atoms with Crippen molar-refractivity contribution in [1.29, 1.82) is 0 Å². The van der Waals surface area contributed by atoms with Crippen molar-refractivity contribution >= 4 is 5.97 Å². The number of esters is 1. The molecule has 1 aliphatic heterocycles. The third-order valence-corrected chi connectivity index (χ3v) is 3.22. The Morgan fingerprint density at radius 1 is 1.40 bits per heavy atom. The number of carbonyl (C=O) groups is 1. The largest absolute Gasteiger partial charge is 0.465 e. The molecule has 1 N–H and O–H groups in total. The zero-order valence-electron chi connectivity index (χ0n) is 10.0. The molecule has 4 nitrogen and oxygen atoms in total. The maximum Gasteiger partial charge on any atom is 0.326 e. The normalized spacial score (nSPS) is 22.1. The van der Waals surface area contributed by atoms with E-state index in [2.05, 4.69) is 10.2 Å². The molecule has 0 aliphatic carbocycles. The van der Waals surface area contributed by atoms with Gasteiger partial charge in [0.05, 0.1) is 6.61 Å². The summed E-state index contributed by atoms with van der Waals surface area (Å²) in [6.45, 7) is 10.1. The van der Waals surface area contributed by atoms with E-state index in [4.69, 9.17) is 4.74 Å². The minimum absolute atomic E-state index is 0.0885. The first kappa shape index (κ1) is 12.5. The molecule has 88 valence electrons. The maximum atomic E-state index is 11.9. The van der Waals surface area contributed by atoms with Gasteiger partial charge in [-0.3, -0.25) is 9.69 Å². The molecule has 4 heteroatoms. The van der Waals surface area contributed by atoms with E-state index in [9.17, 15) is 4.79 Å². The summed E-state index contributed by atoms with van der Waals surface area (Å²) in [6, 6.07) is 0. The number of rotatable bonds is 4. The van der Waals surface area contributed by atoms with E-state index >= 15 is 0 Å². The van der Waals surface area contributed by atoms with Crippen LogP contribution in [0, 0.1) is 0 Å². The van der Waals surface area contributed by atoms with Crippen LogP contribution < -0.4 is 5.32 Å². The van der Waals surface area contributed by atoms with Crippen LogP contribution in [0.15, 0.2) is 0 Å². The fourth-order valence-electron chi connectivity index (χ4n) is 1.94. The van der Waals surface area contributed by atoms with Crippen molar-refractivity contribution in [2.75, 3.05) is 32.8 Å². The van der Waals surface area contributed by atoms with Gasteiger partial charge in [0.1, 0.15) is 5.54 Å². The van der Waals surface area contributed by atoms with Crippen LogP contribution in [-0.4, -0.2) is 49.2 Å². The van der Waals surface area contributed by atoms with Gasteiger partial charge in [-0.05, 0) is 20.3 Å². The SMILES string of the molecule is CCOC(=O)C(C)(CC)N1CCNCC1. The molecule has 1 unspecified atom stereocenters. The predicted molar refractivity (Wildman–Crippen MR) is 59.8 cm³/mol. The van der Waals surface area contributed by atoms with Crippen LogP contribution in [-0.2, 0) is 9.53 Å². The molecule has 15 heavy (non-hydrogen) atoms. The minimum atomic E-state index is -0.446. The summed E-state index contributed by atoms with van der Waals surface area (Å²) in [5.74, 6) is -0.0885. The molecular weight excluding hydrogens is 192 g/mol. The van der Waals surface area contributed by atoms with Gasteiger partial charge in [0.2, 0.25) is 0 Å². The summed E-state index contributed by atoms with van der Waals surface area (Å²) < 4.78 is 5.15. The lowest BCUT2D eigenvalue weighted by Crippen LogP contribution is -2.58. The number of carbonyl (C=O) groups excluding carboxylic acids is 1. The van der Waals surface area contributed by atoms with Crippen molar-refractivity contribution in [3.05, 3.63) is 0 Å². The zero-order chi connectivity index (χ0) is 11.3. The standard InChI is InChI=1S/C11H22N2O2/c1-4-11(3,10(14)15-5-2)13-8-6-12-7-9-13/h12H,4-9H2,1-3H3. The highest BCUT2D eigenvalue weighted by Crippen LogP contribution is 2.21. The Hall–Kier alpha value is -0.610. The lowest BCUT2D eigenvalue weighted by Gasteiger charge is -2.40. The van der Waals surface area contributed by atoms with Crippen LogP contribution in [0.2, 0.25) is 0 Å². The molecule has 1 fully saturated rings. The van der Waals surface area contributed by atoms with E-state index in [-0.39, 0.29) is 5.97 Å². The average Bonchev–Trinajstić information content (AvgIpc) is 2.29. The summed E-state index contributed by atoms with van der Waals surface area (Å²) in [7, 11) is 0. The van der Waals surface area contributed by atoms with Crippen molar-refractivity contribution in [2.45, 2.75) is 32.7 Å². The van der Waals surface area contributed by atoms with Gasteiger partial charge < -0.3 is 10.1 Å². The minimum Gasteiger partial charge on any atom is -0.465 e. The number of nitrogens with one attached hydrogen (secondary N) is 1. The first-order chi connectivity index (χ1) is 7.15. The van der Waals surface area contributed by atoms with Gasteiger partial charge in [0.15, 0.2) is 0 Å². The monoisotopic (exact) mass is 214 g/mol. The molecule has 1 heterocycles. The third kappa shape index (κ3) is 2.69. The number of hydrogen-bond donors (Lipinski definition) is 1. The predicted octanol–water partition coefficient (Wildman–Crippen LogP) is 0.623. The van der Waals surface area contributed by atoms with E-state index in [1.54, 1.807) is 0 Å². The lowest BCUT2D eigenvalue weighted by molar-refractivity contribution is -0.157. The molecule has 1 saturated heterocycles. The Kier molecular flexibility index (Phi) is 4.54. The molecule has 1 rings (SSSR count). The first-order valence-electron chi connectivity index (χ1n) is 5.78. The van der Waals surface area contributed by atoms with Gasteiger partial charge in [-0.25, -0.2) is 0 Å². The summed E-state index contributed by atoms with van der Waals surface area (Å²) in [6.07, 6.45) is 0.797. The Morgan fingerprint density at radius 3 is 2.47 bits per heavy atom. The molecule has 0 aromatic rings. The number of ether oxygens (including phenoxy) is 1. The molecule has 0 aromatic carbocycles. The molecule has 1 atom stereocenters. The summed E-state index contributed by atoms with van der Waals surface area (Å²) in [4.78, 5) is 14.1. The van der Waals surface area contributed by atoms with Crippen LogP contribution in [0.5, 0.6) is 0 Å². The Morgan fingerprint density at radius 2 is 2.00 bits per heavy atom. The third-order valence-electron chi connectivity index (χ3n) is 3.22. The molecule has 0 bridgehead atoms. The van der Waals surface area contributed by atoms with Crippen molar-refractivity contribution in [3.8, 4) is 0 Å². The van der Waals surface area contributed by atoms with Gasteiger partial charge in [-0.1, -0.05) is 6.92 Å². The number of hydrogen-bond acceptors (Lipinski definition) is 4. The van der Waals surface area contributed by atoms with Crippen molar-refractivity contribution in [1.82, 2.24) is 10.2 Å². The second-order valence-corrected chi connectivity index (χ2v) is 4.08. The Bertz CT molecular complexity index is 215. The van der Waals surface area contributed by atoms with Gasteiger partial charge in [0, 0.05) is 26.2 Å². The fraction of sp³-hybridized carbons (Fsp3) is 0.909. The van der Waals surface area contributed by atoms with Gasteiger partial charge in [-0.15, -0.1) is 0 Å². The quantitative estimate of drug-likeness (QED) is 0.697. The highest BCUT2D eigenvalue weighted by atomic mass is 16.5. The Balaban J connectivity index is 2.68. The van der Waals surface area contributed by atoms with Crippen LogP contribution in [0.3, 0.4) is 0 Å². The highest BCUT2D eigenvalue weighted by Gasteiger charge is 2.39. The smallest absolute Gasteiger partial charge is 0.326 e. The van der Waals surface area contributed by atoms with Gasteiger partial charge in [-0.2, -0.15) is 0 Å². The summed E-state index contributed by atoms with van der Waals surface area (Å²) in [5, 5.41) is 3.29. The maximum absolute atomic E-state index is 11.9. The number of nitrogens with zero attached hydrogens (tertiary/aromatic N) is 1. The van der Waals surface area contributed by atoms with Gasteiger partial charge >= 0.3 is 5.97 Å². The topological polar surface area (TPSA) is 41.6 Å². The van der Waals surface area contributed by atoms with Crippen molar-refractivity contribution < 1.29 is 9.53 Å². The summed E-state index contributed by atoms with van der Waals surface area (Å²) >= 11 is 0. The second-order valence-electron chi connectivity index (χ2n) is 4.08. The summed E-state index contributed by atoms with van der Waals surface area (Å²) in [5.41, 5.74) is -0.446. The van der Waals surface area contributed by atoms with Crippen LogP contribution >= 0.6 is 0 Å². The van der Waals surface area contributed by atoms with E-state index in [0.29, 0.717) is 6.61 Å². The molecule has 0 radical (unpaired) electrons. The lowest BCUT2D eigenvalue weighted by atomic mass is 9.95. The second kappa shape index (κ2) is 5.47. The van der Waals surface area contributed by atoms with E-state index in [1.165, 1.54) is 0 Å². The first-order valence-corrected chi connectivity index (χ1v) is 5.78. The van der Waals surface area contributed by atoms with E-state index in [0.717, 1.165) is 32.6 Å². The highest BCUT2D eigenvalue weighted by molar-refractivity contribution is 5.80. The molecule has 1 aliphatic rings. The fourth-order valence-corrected chi connectivity index (χ4v) is 1.94. The Labute approximate surface area is 92.0 Å². The van der Waals surface area contributed by atoms with Crippen molar-refractivity contribution in [2.24, 2.45) is 0 Å².